The van der Waals surface area contributed by atoms with Crippen molar-refractivity contribution >= 4 is 21.9 Å². The van der Waals surface area contributed by atoms with Crippen molar-refractivity contribution in [1.29, 1.82) is 0 Å². The molecule has 0 radical (unpaired) electrons. The Morgan fingerprint density at radius 2 is 0.857 bits per heavy atom. The van der Waals surface area contributed by atoms with Gasteiger partial charge in [-0.3, -0.25) is 0 Å². The van der Waals surface area contributed by atoms with Gasteiger partial charge in [0.05, 0.1) is 16.8 Å². The van der Waals surface area contributed by atoms with Gasteiger partial charge in [-0.05, 0) is 79.9 Å². The maximum absolute atomic E-state index is 6.34. The van der Waals surface area contributed by atoms with Gasteiger partial charge in [-0.2, -0.15) is 0 Å². The molecule has 2 aliphatic carbocycles. The number of para-hydroxylation sites is 1. The fourth-order valence-corrected chi connectivity index (χ4v) is 9.64. The van der Waals surface area contributed by atoms with Gasteiger partial charge < -0.3 is 4.42 Å². The van der Waals surface area contributed by atoms with Crippen LogP contribution < -0.4 is 0 Å². The normalized spacial score (nSPS) is 13.1. The van der Waals surface area contributed by atoms with Crippen LogP contribution in [0, 0.1) is 0 Å². The molecule has 0 bridgehead atoms. The molecule has 0 saturated heterocycles. The van der Waals surface area contributed by atoms with Gasteiger partial charge in [-0.25, -0.2) is 9.97 Å². The first-order valence-electron chi connectivity index (χ1n) is 19.2. The zero-order valence-electron chi connectivity index (χ0n) is 30.3. The van der Waals surface area contributed by atoms with E-state index in [9.17, 15) is 0 Å². The number of hydrogen-bond donors (Lipinski definition) is 0. The van der Waals surface area contributed by atoms with Gasteiger partial charge in [-0.15, -0.1) is 0 Å². The molecule has 0 saturated carbocycles. The fourth-order valence-electron chi connectivity index (χ4n) is 9.64. The van der Waals surface area contributed by atoms with Gasteiger partial charge in [0, 0.05) is 27.5 Å². The summed E-state index contributed by atoms with van der Waals surface area (Å²) in [6, 6.07) is 69.8. The third-order valence-electron chi connectivity index (χ3n) is 11.9. The van der Waals surface area contributed by atoms with E-state index in [-0.39, 0.29) is 0 Å². The van der Waals surface area contributed by atoms with Crippen LogP contribution in [-0.4, -0.2) is 9.97 Å². The number of aromatic nitrogens is 2. The summed E-state index contributed by atoms with van der Waals surface area (Å²) in [5.41, 5.74) is 18.5. The van der Waals surface area contributed by atoms with Gasteiger partial charge in [-0.1, -0.05) is 170 Å². The quantitative estimate of drug-likeness (QED) is 0.183. The molecule has 260 valence electrons. The number of hydrogen-bond acceptors (Lipinski definition) is 3. The molecular formula is C53H32N2O. The molecule has 2 aliphatic rings. The van der Waals surface area contributed by atoms with Gasteiger partial charge in [0.15, 0.2) is 5.82 Å². The average Bonchev–Trinajstić information content (AvgIpc) is 3.77. The summed E-state index contributed by atoms with van der Waals surface area (Å²) in [6.07, 6.45) is 0. The summed E-state index contributed by atoms with van der Waals surface area (Å²) in [6.45, 7) is 0. The largest absolute Gasteiger partial charge is 0.456 e. The molecule has 1 spiro atoms. The number of nitrogens with zero attached hydrogens (tertiary/aromatic N) is 2. The minimum absolute atomic E-state index is 0.576. The Hall–Kier alpha value is -7.36. The van der Waals surface area contributed by atoms with Crippen LogP contribution >= 0.6 is 0 Å². The van der Waals surface area contributed by atoms with Gasteiger partial charge in [0.2, 0.25) is 0 Å². The zero-order valence-corrected chi connectivity index (χ0v) is 30.3. The summed E-state index contributed by atoms with van der Waals surface area (Å²) in [7, 11) is 0. The monoisotopic (exact) mass is 712 g/mol. The maximum Gasteiger partial charge on any atom is 0.160 e. The molecule has 0 fully saturated rings. The lowest BCUT2D eigenvalue weighted by molar-refractivity contribution is 0.669. The summed E-state index contributed by atoms with van der Waals surface area (Å²) < 4.78 is 6.34. The first kappa shape index (κ1) is 31.0. The zero-order chi connectivity index (χ0) is 36.8. The summed E-state index contributed by atoms with van der Waals surface area (Å²) >= 11 is 0. The lowest BCUT2D eigenvalue weighted by atomic mass is 9.65. The highest BCUT2D eigenvalue weighted by atomic mass is 16.3. The van der Waals surface area contributed by atoms with E-state index in [1.807, 2.05) is 36.4 Å². The van der Waals surface area contributed by atoms with Crippen molar-refractivity contribution in [2.45, 2.75) is 5.41 Å². The van der Waals surface area contributed by atoms with E-state index in [0.29, 0.717) is 5.82 Å². The Labute approximate surface area is 324 Å². The molecule has 8 aromatic carbocycles. The van der Waals surface area contributed by atoms with Crippen LogP contribution in [0.2, 0.25) is 0 Å². The van der Waals surface area contributed by atoms with E-state index in [0.717, 1.165) is 50.0 Å². The average molecular weight is 713 g/mol. The smallest absolute Gasteiger partial charge is 0.160 e. The Bertz CT molecular complexity index is 3170. The molecule has 10 aromatic rings. The summed E-state index contributed by atoms with van der Waals surface area (Å²) in [5, 5.41) is 2.13. The van der Waals surface area contributed by atoms with Crippen molar-refractivity contribution in [1.82, 2.24) is 9.97 Å². The van der Waals surface area contributed by atoms with Crippen molar-refractivity contribution in [2.75, 3.05) is 0 Å². The molecule has 0 amide bonds. The second kappa shape index (κ2) is 11.8. The fraction of sp³-hybridized carbons (Fsp3) is 0.0189. The van der Waals surface area contributed by atoms with Crippen LogP contribution in [0.4, 0.5) is 0 Å². The van der Waals surface area contributed by atoms with Crippen LogP contribution in [0.5, 0.6) is 0 Å². The molecule has 3 heteroatoms. The maximum atomic E-state index is 6.34. The van der Waals surface area contributed by atoms with Gasteiger partial charge in [0.25, 0.3) is 0 Å². The molecule has 56 heavy (non-hydrogen) atoms. The van der Waals surface area contributed by atoms with E-state index in [4.69, 9.17) is 14.4 Å². The lowest BCUT2D eigenvalue weighted by Crippen LogP contribution is -2.29. The van der Waals surface area contributed by atoms with Gasteiger partial charge >= 0.3 is 0 Å². The van der Waals surface area contributed by atoms with Crippen LogP contribution in [-0.2, 0) is 5.41 Å². The highest BCUT2D eigenvalue weighted by Gasteiger charge is 2.49. The molecule has 0 aliphatic heterocycles. The minimum Gasteiger partial charge on any atom is -0.456 e. The third kappa shape index (κ3) is 4.28. The first-order valence-corrected chi connectivity index (χ1v) is 19.2. The highest BCUT2D eigenvalue weighted by Crippen LogP contribution is 2.61. The van der Waals surface area contributed by atoms with E-state index in [1.54, 1.807) is 0 Å². The van der Waals surface area contributed by atoms with E-state index in [2.05, 4.69) is 158 Å². The topological polar surface area (TPSA) is 38.9 Å². The minimum atomic E-state index is -0.576. The molecule has 12 rings (SSSR count). The molecule has 0 unspecified atom stereocenters. The number of rotatable bonds is 3. The van der Waals surface area contributed by atoms with Crippen LogP contribution in [0.25, 0.3) is 89.2 Å². The second-order valence-corrected chi connectivity index (χ2v) is 14.8. The van der Waals surface area contributed by atoms with Crippen molar-refractivity contribution in [3.8, 4) is 67.3 Å². The molecule has 3 nitrogen and oxygen atoms in total. The van der Waals surface area contributed by atoms with Crippen LogP contribution in [0.15, 0.2) is 199 Å². The number of fused-ring (bicyclic) bond motifs is 15. The first-order chi connectivity index (χ1) is 27.8. The third-order valence-corrected chi connectivity index (χ3v) is 11.9. The van der Waals surface area contributed by atoms with E-state index < -0.39 is 5.41 Å². The summed E-state index contributed by atoms with van der Waals surface area (Å²) in [5.74, 6) is 0.680. The predicted octanol–water partition coefficient (Wildman–Crippen LogP) is 13.4. The highest BCUT2D eigenvalue weighted by molar-refractivity contribution is 6.12. The number of furan rings is 1. The number of benzene rings is 8. The van der Waals surface area contributed by atoms with Crippen molar-refractivity contribution in [2.24, 2.45) is 0 Å². The van der Waals surface area contributed by atoms with Crippen LogP contribution in [0.3, 0.4) is 0 Å². The Morgan fingerprint density at radius 1 is 0.339 bits per heavy atom. The van der Waals surface area contributed by atoms with E-state index >= 15 is 0 Å². The second-order valence-electron chi connectivity index (χ2n) is 14.8. The molecular weight excluding hydrogens is 681 g/mol. The van der Waals surface area contributed by atoms with E-state index in [1.165, 1.54) is 55.6 Å². The van der Waals surface area contributed by atoms with Crippen molar-refractivity contribution in [3.05, 3.63) is 216 Å². The standard InChI is InChI=1S/C53H32N2O/c1-2-15-33(16-3-1)52-54-47(32-48(55-52)41-23-14-28-50-51(41)42-22-9-13-27-49(42)56-50)34-29-30-40-36-18-5-4-17-35(36)37-19-6-10-24-43(37)53(46(40)31-34)44-25-11-7-20-38(44)39-21-8-12-26-45(39)53/h1-32H. The Kier molecular flexibility index (Phi) is 6.55. The predicted molar refractivity (Wildman–Crippen MR) is 227 cm³/mol. The lowest BCUT2D eigenvalue weighted by Gasteiger charge is -2.35. The molecule has 0 N–H and O–H groups in total. The SMILES string of the molecule is c1ccc(-c2nc(-c3ccc4c(c3)C3(c5ccccc5-c5ccccc5-4)c4ccccc4-c4ccccc43)cc(-c3cccc4oc5ccccc5c34)n2)cc1. The molecule has 0 atom stereocenters. The molecule has 2 heterocycles. The van der Waals surface area contributed by atoms with Crippen LogP contribution in [0.1, 0.15) is 22.3 Å². The Balaban J connectivity index is 1.18. The Morgan fingerprint density at radius 3 is 1.55 bits per heavy atom. The molecule has 2 aromatic heterocycles. The summed E-state index contributed by atoms with van der Waals surface area (Å²) in [4.78, 5) is 10.6. The van der Waals surface area contributed by atoms with Crippen molar-refractivity contribution < 1.29 is 4.42 Å². The van der Waals surface area contributed by atoms with Crippen molar-refractivity contribution in [3.63, 3.8) is 0 Å². The van der Waals surface area contributed by atoms with Gasteiger partial charge in [0.1, 0.15) is 11.2 Å².